The van der Waals surface area contributed by atoms with E-state index in [0.717, 1.165) is 0 Å². The first-order chi connectivity index (χ1) is 9.52. The van der Waals surface area contributed by atoms with Crippen LogP contribution in [-0.2, 0) is 0 Å². The van der Waals surface area contributed by atoms with Crippen molar-refractivity contribution in [3.05, 3.63) is 47.4 Å². The number of amides is 1. The lowest BCUT2D eigenvalue weighted by molar-refractivity contribution is 0.0697. The fraction of sp³-hybridized carbons (Fsp3) is 0.143. The van der Waals surface area contributed by atoms with Crippen molar-refractivity contribution in [2.24, 2.45) is 0 Å². The molecule has 1 amide bonds. The minimum absolute atomic E-state index is 0.0427. The minimum Gasteiger partial charge on any atom is -0.497 e. The molecule has 0 saturated heterocycles. The van der Waals surface area contributed by atoms with E-state index in [9.17, 15) is 9.59 Å². The van der Waals surface area contributed by atoms with Crippen LogP contribution in [0.1, 0.15) is 26.5 Å². The van der Waals surface area contributed by atoms with Gasteiger partial charge in [-0.25, -0.2) is 4.79 Å². The fourth-order valence-corrected chi connectivity index (χ4v) is 1.75. The lowest BCUT2D eigenvalue weighted by atomic mass is 10.1. The highest BCUT2D eigenvalue weighted by molar-refractivity contribution is 6.08. The zero-order valence-corrected chi connectivity index (χ0v) is 11.0. The standard InChI is InChI=1S/C14H13NO5/c1-8-10(5-6-20-8)13(16)15-12-4-3-9(19-2)7-11(12)14(17)18/h3-7H,1-2H3,(H,15,16)(H,17,18). The van der Waals surface area contributed by atoms with Gasteiger partial charge in [-0.2, -0.15) is 0 Å². The van der Waals surface area contributed by atoms with Crippen molar-refractivity contribution in [2.75, 3.05) is 12.4 Å². The van der Waals surface area contributed by atoms with E-state index in [2.05, 4.69) is 5.32 Å². The Labute approximate surface area is 115 Å². The van der Waals surface area contributed by atoms with Gasteiger partial charge in [0.25, 0.3) is 5.91 Å². The maximum Gasteiger partial charge on any atom is 0.337 e. The van der Waals surface area contributed by atoms with Crippen LogP contribution in [0.2, 0.25) is 0 Å². The number of carbonyl (C=O) groups is 2. The van der Waals surface area contributed by atoms with E-state index in [0.29, 0.717) is 17.1 Å². The zero-order chi connectivity index (χ0) is 14.7. The second kappa shape index (κ2) is 5.48. The Balaban J connectivity index is 2.32. The van der Waals surface area contributed by atoms with Crippen LogP contribution in [0, 0.1) is 6.92 Å². The molecular formula is C14H13NO5. The number of benzene rings is 1. The largest absolute Gasteiger partial charge is 0.497 e. The van der Waals surface area contributed by atoms with E-state index < -0.39 is 11.9 Å². The Morgan fingerprint density at radius 3 is 2.55 bits per heavy atom. The Kier molecular flexibility index (Phi) is 3.74. The SMILES string of the molecule is COc1ccc(NC(=O)c2ccoc2C)c(C(=O)O)c1. The van der Waals surface area contributed by atoms with E-state index in [1.165, 1.54) is 31.6 Å². The number of anilines is 1. The summed E-state index contributed by atoms with van der Waals surface area (Å²) in [7, 11) is 1.44. The van der Waals surface area contributed by atoms with Crippen molar-refractivity contribution in [3.8, 4) is 5.75 Å². The molecule has 1 aromatic carbocycles. The molecule has 6 heteroatoms. The molecule has 2 aromatic rings. The lowest BCUT2D eigenvalue weighted by Crippen LogP contribution is -2.15. The number of furan rings is 1. The van der Waals surface area contributed by atoms with Crippen LogP contribution in [0.3, 0.4) is 0 Å². The van der Waals surface area contributed by atoms with Gasteiger partial charge in [0.15, 0.2) is 0 Å². The number of carboxylic acids is 1. The quantitative estimate of drug-likeness (QED) is 0.895. The van der Waals surface area contributed by atoms with Crippen LogP contribution >= 0.6 is 0 Å². The molecule has 20 heavy (non-hydrogen) atoms. The maximum absolute atomic E-state index is 12.0. The molecule has 1 aromatic heterocycles. The Morgan fingerprint density at radius 2 is 2.00 bits per heavy atom. The van der Waals surface area contributed by atoms with Gasteiger partial charge in [-0.05, 0) is 31.2 Å². The topological polar surface area (TPSA) is 88.8 Å². The first kappa shape index (κ1) is 13.7. The monoisotopic (exact) mass is 275 g/mol. The number of aromatic carboxylic acids is 1. The van der Waals surface area contributed by atoms with Crippen molar-refractivity contribution in [1.29, 1.82) is 0 Å². The van der Waals surface area contributed by atoms with Crippen LogP contribution < -0.4 is 10.1 Å². The van der Waals surface area contributed by atoms with Gasteiger partial charge >= 0.3 is 5.97 Å². The van der Waals surface area contributed by atoms with Crippen molar-refractivity contribution in [3.63, 3.8) is 0 Å². The molecule has 0 fully saturated rings. The average molecular weight is 275 g/mol. The maximum atomic E-state index is 12.0. The number of aryl methyl sites for hydroxylation is 1. The second-order valence-corrected chi connectivity index (χ2v) is 4.06. The summed E-state index contributed by atoms with van der Waals surface area (Å²) < 4.78 is 10.0. The Bertz CT molecular complexity index is 659. The van der Waals surface area contributed by atoms with E-state index in [1.807, 2.05) is 0 Å². The summed E-state index contributed by atoms with van der Waals surface area (Å²) >= 11 is 0. The van der Waals surface area contributed by atoms with Crippen LogP contribution in [0.4, 0.5) is 5.69 Å². The molecule has 104 valence electrons. The fourth-order valence-electron chi connectivity index (χ4n) is 1.75. The van der Waals surface area contributed by atoms with Gasteiger partial charge in [0.2, 0.25) is 0 Å². The van der Waals surface area contributed by atoms with Gasteiger partial charge in [-0.1, -0.05) is 0 Å². The minimum atomic E-state index is -1.15. The van der Waals surface area contributed by atoms with Gasteiger partial charge in [-0.15, -0.1) is 0 Å². The molecule has 0 bridgehead atoms. The summed E-state index contributed by atoms with van der Waals surface area (Å²) in [5.41, 5.74) is 0.514. The summed E-state index contributed by atoms with van der Waals surface area (Å²) in [6, 6.07) is 5.93. The summed E-state index contributed by atoms with van der Waals surface area (Å²) in [5, 5.41) is 11.7. The first-order valence-corrected chi connectivity index (χ1v) is 5.79. The highest BCUT2D eigenvalue weighted by Crippen LogP contribution is 2.23. The summed E-state index contributed by atoms with van der Waals surface area (Å²) in [5.74, 6) is -0.709. The molecular weight excluding hydrogens is 262 g/mol. The molecule has 0 atom stereocenters. The molecule has 0 unspecified atom stereocenters. The number of hydrogen-bond donors (Lipinski definition) is 2. The van der Waals surface area contributed by atoms with E-state index in [1.54, 1.807) is 13.0 Å². The predicted octanol–water partition coefficient (Wildman–Crippen LogP) is 2.55. The molecule has 0 aliphatic carbocycles. The lowest BCUT2D eigenvalue weighted by Gasteiger charge is -2.09. The number of nitrogens with one attached hydrogen (secondary N) is 1. The summed E-state index contributed by atoms with van der Waals surface area (Å²) in [6.07, 6.45) is 1.40. The zero-order valence-electron chi connectivity index (χ0n) is 11.0. The summed E-state index contributed by atoms with van der Waals surface area (Å²) in [4.78, 5) is 23.2. The molecule has 2 N–H and O–H groups in total. The number of carbonyl (C=O) groups excluding carboxylic acids is 1. The highest BCUT2D eigenvalue weighted by Gasteiger charge is 2.16. The highest BCUT2D eigenvalue weighted by atomic mass is 16.5. The van der Waals surface area contributed by atoms with Crippen LogP contribution in [-0.4, -0.2) is 24.1 Å². The number of rotatable bonds is 4. The van der Waals surface area contributed by atoms with Crippen LogP contribution in [0.15, 0.2) is 34.9 Å². The first-order valence-electron chi connectivity index (χ1n) is 5.79. The third-order valence-electron chi connectivity index (χ3n) is 2.81. The predicted molar refractivity (Wildman–Crippen MR) is 71.4 cm³/mol. The van der Waals surface area contributed by atoms with Crippen molar-refractivity contribution >= 4 is 17.6 Å². The normalized spacial score (nSPS) is 10.1. The molecule has 0 radical (unpaired) electrons. The number of methoxy groups -OCH3 is 1. The van der Waals surface area contributed by atoms with Gasteiger partial charge in [0, 0.05) is 0 Å². The van der Waals surface area contributed by atoms with E-state index in [4.69, 9.17) is 14.3 Å². The van der Waals surface area contributed by atoms with E-state index in [-0.39, 0.29) is 11.3 Å². The van der Waals surface area contributed by atoms with Gasteiger partial charge < -0.3 is 19.6 Å². The molecule has 0 spiro atoms. The molecule has 1 heterocycles. The Hall–Kier alpha value is -2.76. The van der Waals surface area contributed by atoms with E-state index >= 15 is 0 Å². The van der Waals surface area contributed by atoms with Crippen LogP contribution in [0.5, 0.6) is 5.75 Å². The molecule has 0 aliphatic heterocycles. The third kappa shape index (κ3) is 2.64. The molecule has 0 saturated carbocycles. The number of carboxylic acid groups (broad SMARTS) is 1. The number of ether oxygens (including phenoxy) is 1. The van der Waals surface area contributed by atoms with Gasteiger partial charge in [0.05, 0.1) is 30.2 Å². The van der Waals surface area contributed by atoms with Crippen LogP contribution in [0.25, 0.3) is 0 Å². The smallest absolute Gasteiger partial charge is 0.337 e. The summed E-state index contributed by atoms with van der Waals surface area (Å²) in [6.45, 7) is 1.65. The molecule has 0 aliphatic rings. The van der Waals surface area contributed by atoms with Crippen molar-refractivity contribution in [2.45, 2.75) is 6.92 Å². The van der Waals surface area contributed by atoms with Crippen molar-refractivity contribution < 1.29 is 23.8 Å². The third-order valence-corrected chi connectivity index (χ3v) is 2.81. The average Bonchev–Trinajstić information content (AvgIpc) is 2.85. The van der Waals surface area contributed by atoms with Crippen molar-refractivity contribution in [1.82, 2.24) is 0 Å². The molecule has 2 rings (SSSR count). The van der Waals surface area contributed by atoms with Gasteiger partial charge in [0.1, 0.15) is 11.5 Å². The Morgan fingerprint density at radius 1 is 1.25 bits per heavy atom. The van der Waals surface area contributed by atoms with Gasteiger partial charge in [-0.3, -0.25) is 4.79 Å². The molecule has 6 nitrogen and oxygen atoms in total. The number of hydrogen-bond acceptors (Lipinski definition) is 4. The second-order valence-electron chi connectivity index (χ2n) is 4.06.